The number of aliphatic hydroxyl groups excluding tert-OH is 1. The van der Waals surface area contributed by atoms with Gasteiger partial charge in [0, 0.05) is 0 Å². The van der Waals surface area contributed by atoms with Crippen molar-refractivity contribution in [3.8, 4) is 0 Å². The fourth-order valence-corrected chi connectivity index (χ4v) is 1.18. The van der Waals surface area contributed by atoms with Gasteiger partial charge in [-0.15, -0.1) is 0 Å². The number of aliphatic hydroxyl groups is 1. The predicted molar refractivity (Wildman–Crippen MR) is 56.7 cm³/mol. The number of amides is 1. The number of halogens is 2. The monoisotopic (exact) mass is 259 g/mol. The van der Waals surface area contributed by atoms with Crippen LogP contribution in [0.4, 0.5) is 8.78 Å². The summed E-state index contributed by atoms with van der Waals surface area (Å²) in [6.07, 6.45) is -1.56. The second-order valence-corrected chi connectivity index (χ2v) is 3.35. The molecule has 0 aliphatic heterocycles. The Hall–Kier alpha value is -2.02. The third-order valence-electron chi connectivity index (χ3n) is 2.13. The Bertz CT molecular complexity index is 464. The lowest BCUT2D eigenvalue weighted by atomic mass is 10.2. The summed E-state index contributed by atoms with van der Waals surface area (Å²) in [5.41, 5.74) is -0.507. The molecule has 1 aromatic carbocycles. The summed E-state index contributed by atoms with van der Waals surface area (Å²) >= 11 is 0. The van der Waals surface area contributed by atoms with E-state index in [0.29, 0.717) is 0 Å². The molecule has 5 nitrogen and oxygen atoms in total. The highest BCUT2D eigenvalue weighted by Crippen LogP contribution is 2.10. The van der Waals surface area contributed by atoms with Crippen LogP contribution < -0.4 is 5.32 Å². The van der Waals surface area contributed by atoms with Crippen LogP contribution in [0.5, 0.6) is 0 Å². The summed E-state index contributed by atoms with van der Waals surface area (Å²) < 4.78 is 30.3. The average molecular weight is 259 g/mol. The van der Waals surface area contributed by atoms with E-state index < -0.39 is 41.7 Å². The highest BCUT2D eigenvalue weighted by atomic mass is 19.2. The Morgan fingerprint density at radius 1 is 1.44 bits per heavy atom. The van der Waals surface area contributed by atoms with Gasteiger partial charge in [0.1, 0.15) is 0 Å². The van der Waals surface area contributed by atoms with Crippen LogP contribution in [0, 0.1) is 11.6 Å². The molecule has 1 amide bonds. The SMILES string of the molecule is COC(=O)C(O)CNC(=O)c1cccc(F)c1F. The number of carbonyl (C=O) groups is 2. The van der Waals surface area contributed by atoms with Gasteiger partial charge in [-0.2, -0.15) is 0 Å². The maximum absolute atomic E-state index is 13.2. The Kier molecular flexibility index (Phi) is 4.73. The first-order valence-corrected chi connectivity index (χ1v) is 4.95. The number of esters is 1. The number of carbonyl (C=O) groups excluding carboxylic acids is 2. The van der Waals surface area contributed by atoms with Crippen molar-refractivity contribution in [1.29, 1.82) is 0 Å². The molecule has 98 valence electrons. The summed E-state index contributed by atoms with van der Waals surface area (Å²) in [7, 11) is 1.07. The van der Waals surface area contributed by atoms with Gasteiger partial charge in [-0.3, -0.25) is 4.79 Å². The molecule has 1 unspecified atom stereocenters. The Morgan fingerprint density at radius 2 is 2.11 bits per heavy atom. The van der Waals surface area contributed by atoms with Crippen molar-refractivity contribution in [3.63, 3.8) is 0 Å². The molecule has 0 heterocycles. The van der Waals surface area contributed by atoms with Gasteiger partial charge in [-0.05, 0) is 12.1 Å². The zero-order valence-corrected chi connectivity index (χ0v) is 9.44. The topological polar surface area (TPSA) is 75.6 Å². The molecule has 1 rings (SSSR count). The molecule has 0 saturated carbocycles. The average Bonchev–Trinajstić information content (AvgIpc) is 2.37. The molecule has 0 spiro atoms. The molecule has 18 heavy (non-hydrogen) atoms. The molecule has 1 aromatic rings. The first-order valence-electron chi connectivity index (χ1n) is 4.95. The van der Waals surface area contributed by atoms with Crippen molar-refractivity contribution < 1.29 is 28.2 Å². The molecule has 2 N–H and O–H groups in total. The third-order valence-corrected chi connectivity index (χ3v) is 2.13. The van der Waals surface area contributed by atoms with Crippen LogP contribution in [-0.2, 0) is 9.53 Å². The molecule has 0 fully saturated rings. The van der Waals surface area contributed by atoms with Crippen molar-refractivity contribution in [2.75, 3.05) is 13.7 Å². The van der Waals surface area contributed by atoms with Crippen LogP contribution in [0.25, 0.3) is 0 Å². The van der Waals surface area contributed by atoms with Gasteiger partial charge in [0.15, 0.2) is 17.7 Å². The lowest BCUT2D eigenvalue weighted by Crippen LogP contribution is -2.37. The van der Waals surface area contributed by atoms with Gasteiger partial charge < -0.3 is 15.2 Å². The fourth-order valence-electron chi connectivity index (χ4n) is 1.18. The van der Waals surface area contributed by atoms with Gasteiger partial charge >= 0.3 is 5.97 Å². The number of benzene rings is 1. The highest BCUT2D eigenvalue weighted by Gasteiger charge is 2.19. The lowest BCUT2D eigenvalue weighted by molar-refractivity contribution is -0.149. The van der Waals surface area contributed by atoms with Crippen LogP contribution in [0.2, 0.25) is 0 Å². The summed E-state index contributed by atoms with van der Waals surface area (Å²) in [5.74, 6) is -4.32. The minimum absolute atomic E-state index is 0.457. The molecule has 0 aliphatic carbocycles. The molecule has 1 atom stereocenters. The van der Waals surface area contributed by atoms with Crippen molar-refractivity contribution in [2.45, 2.75) is 6.10 Å². The molecule has 0 aromatic heterocycles. The number of rotatable bonds is 4. The summed E-state index contributed by atoms with van der Waals surface area (Å²) in [6, 6.07) is 3.12. The maximum atomic E-state index is 13.2. The second kappa shape index (κ2) is 6.06. The second-order valence-electron chi connectivity index (χ2n) is 3.35. The van der Waals surface area contributed by atoms with Crippen LogP contribution in [0.1, 0.15) is 10.4 Å². The van der Waals surface area contributed by atoms with E-state index in [9.17, 15) is 23.5 Å². The molecule has 7 heteroatoms. The third kappa shape index (κ3) is 3.24. The molecule has 0 aliphatic rings. The van der Waals surface area contributed by atoms with Crippen LogP contribution in [-0.4, -0.2) is 36.7 Å². The summed E-state index contributed by atoms with van der Waals surface area (Å²) in [4.78, 5) is 22.3. The van der Waals surface area contributed by atoms with Gasteiger partial charge in [0.25, 0.3) is 5.91 Å². The van der Waals surface area contributed by atoms with E-state index in [1.54, 1.807) is 0 Å². The van der Waals surface area contributed by atoms with Crippen molar-refractivity contribution in [2.24, 2.45) is 0 Å². The number of nitrogens with one attached hydrogen (secondary N) is 1. The fraction of sp³-hybridized carbons (Fsp3) is 0.273. The summed E-state index contributed by atoms with van der Waals surface area (Å²) in [5, 5.41) is 11.3. The molecule has 0 radical (unpaired) electrons. The van der Waals surface area contributed by atoms with Gasteiger partial charge in [0.05, 0.1) is 19.2 Å². The normalized spacial score (nSPS) is 11.8. The first kappa shape index (κ1) is 14.0. The van der Waals surface area contributed by atoms with Gasteiger partial charge in [-0.1, -0.05) is 6.07 Å². The van der Waals surface area contributed by atoms with Crippen LogP contribution >= 0.6 is 0 Å². The van der Waals surface area contributed by atoms with Crippen molar-refractivity contribution >= 4 is 11.9 Å². The molecular formula is C11H11F2NO4. The van der Waals surface area contributed by atoms with E-state index in [1.165, 1.54) is 6.07 Å². The van der Waals surface area contributed by atoms with E-state index >= 15 is 0 Å². The molecule has 0 saturated heterocycles. The maximum Gasteiger partial charge on any atom is 0.336 e. The van der Waals surface area contributed by atoms with Crippen LogP contribution in [0.3, 0.4) is 0 Å². The first-order chi connectivity index (χ1) is 8.47. The van der Waals surface area contributed by atoms with Crippen molar-refractivity contribution in [1.82, 2.24) is 5.32 Å². The largest absolute Gasteiger partial charge is 0.467 e. The van der Waals surface area contributed by atoms with E-state index in [4.69, 9.17) is 0 Å². The zero-order chi connectivity index (χ0) is 13.7. The standard InChI is InChI=1S/C11H11F2NO4/c1-18-11(17)8(15)5-14-10(16)6-3-2-4-7(12)9(6)13/h2-4,8,15H,5H2,1H3,(H,14,16). The quantitative estimate of drug-likeness (QED) is 0.759. The Morgan fingerprint density at radius 3 is 2.72 bits per heavy atom. The minimum Gasteiger partial charge on any atom is -0.467 e. The number of methoxy groups -OCH3 is 1. The smallest absolute Gasteiger partial charge is 0.336 e. The van der Waals surface area contributed by atoms with Gasteiger partial charge in [-0.25, -0.2) is 13.6 Å². The van der Waals surface area contributed by atoms with E-state index in [0.717, 1.165) is 19.2 Å². The Balaban J connectivity index is 2.66. The molecule has 0 bridgehead atoms. The summed E-state index contributed by atoms with van der Waals surface area (Å²) in [6.45, 7) is -0.457. The van der Waals surface area contributed by atoms with Gasteiger partial charge in [0.2, 0.25) is 0 Å². The van der Waals surface area contributed by atoms with Crippen molar-refractivity contribution in [3.05, 3.63) is 35.4 Å². The Labute approximate surface area is 101 Å². The predicted octanol–water partition coefficient (Wildman–Crippen LogP) is 0.228. The van der Waals surface area contributed by atoms with E-state index in [2.05, 4.69) is 10.1 Å². The lowest BCUT2D eigenvalue weighted by Gasteiger charge is -2.10. The van der Waals surface area contributed by atoms with Crippen LogP contribution in [0.15, 0.2) is 18.2 Å². The zero-order valence-electron chi connectivity index (χ0n) is 9.44. The number of ether oxygens (including phenoxy) is 1. The number of hydrogen-bond acceptors (Lipinski definition) is 4. The number of hydrogen-bond donors (Lipinski definition) is 2. The van der Waals surface area contributed by atoms with E-state index in [1.807, 2.05) is 0 Å². The molecular weight excluding hydrogens is 248 g/mol. The highest BCUT2D eigenvalue weighted by molar-refractivity contribution is 5.94. The van der Waals surface area contributed by atoms with E-state index in [-0.39, 0.29) is 0 Å². The minimum atomic E-state index is -1.56.